The number of carboxylic acid groups (broad SMARTS) is 1. The van der Waals surface area contributed by atoms with Crippen LogP contribution < -0.4 is 5.32 Å². The minimum absolute atomic E-state index is 0.229. The first-order valence-electron chi connectivity index (χ1n) is 5.62. The van der Waals surface area contributed by atoms with Crippen molar-refractivity contribution >= 4 is 17.6 Å². The van der Waals surface area contributed by atoms with Crippen LogP contribution in [0.2, 0.25) is 0 Å². The van der Waals surface area contributed by atoms with E-state index in [0.29, 0.717) is 6.42 Å². The maximum absolute atomic E-state index is 13.4. The lowest BCUT2D eigenvalue weighted by molar-refractivity contribution is -0.124. The van der Waals surface area contributed by atoms with E-state index in [0.717, 1.165) is 12.1 Å². The largest absolute Gasteiger partial charge is 0.478 e. The predicted molar refractivity (Wildman–Crippen MR) is 66.1 cm³/mol. The molecular weight excluding hydrogens is 237 g/mol. The summed E-state index contributed by atoms with van der Waals surface area (Å²) in [5, 5.41) is 11.2. The third-order valence-electron chi connectivity index (χ3n) is 2.96. The Bertz CT molecular complexity index is 483. The van der Waals surface area contributed by atoms with Crippen molar-refractivity contribution < 1.29 is 19.1 Å². The van der Waals surface area contributed by atoms with E-state index in [1.807, 2.05) is 6.92 Å². The van der Waals surface area contributed by atoms with E-state index in [1.54, 1.807) is 13.8 Å². The Kier molecular flexibility index (Phi) is 4.06. The fourth-order valence-corrected chi connectivity index (χ4v) is 1.23. The van der Waals surface area contributed by atoms with Crippen LogP contribution >= 0.6 is 0 Å². The Morgan fingerprint density at radius 3 is 2.44 bits per heavy atom. The van der Waals surface area contributed by atoms with E-state index in [4.69, 9.17) is 5.11 Å². The molecule has 1 aromatic rings. The second kappa shape index (κ2) is 5.16. The van der Waals surface area contributed by atoms with Gasteiger partial charge in [0, 0.05) is 11.1 Å². The molecule has 0 aliphatic carbocycles. The average molecular weight is 253 g/mol. The van der Waals surface area contributed by atoms with Gasteiger partial charge in [0.2, 0.25) is 5.91 Å². The van der Waals surface area contributed by atoms with Gasteiger partial charge in [0.1, 0.15) is 5.82 Å². The number of carbonyl (C=O) groups is 2. The molecule has 0 saturated heterocycles. The van der Waals surface area contributed by atoms with Crippen LogP contribution in [0, 0.1) is 11.2 Å². The molecule has 0 spiro atoms. The minimum atomic E-state index is -1.33. The molecule has 0 saturated carbocycles. The van der Waals surface area contributed by atoms with Crippen molar-refractivity contribution in [1.29, 1.82) is 0 Å². The van der Waals surface area contributed by atoms with E-state index in [1.165, 1.54) is 6.07 Å². The highest BCUT2D eigenvalue weighted by molar-refractivity contribution is 5.95. The van der Waals surface area contributed by atoms with Crippen LogP contribution in [-0.2, 0) is 4.79 Å². The van der Waals surface area contributed by atoms with Crippen LogP contribution in [0.4, 0.5) is 10.1 Å². The van der Waals surface area contributed by atoms with E-state index in [2.05, 4.69) is 5.32 Å². The molecule has 0 radical (unpaired) electrons. The Balaban J connectivity index is 2.91. The van der Waals surface area contributed by atoms with Crippen molar-refractivity contribution in [3.05, 3.63) is 29.6 Å². The van der Waals surface area contributed by atoms with Crippen molar-refractivity contribution in [2.24, 2.45) is 5.41 Å². The van der Waals surface area contributed by atoms with Crippen LogP contribution in [0.15, 0.2) is 18.2 Å². The third kappa shape index (κ3) is 3.06. The van der Waals surface area contributed by atoms with Crippen LogP contribution in [0.5, 0.6) is 0 Å². The molecule has 0 fully saturated rings. The number of hydrogen-bond donors (Lipinski definition) is 2. The number of anilines is 1. The summed E-state index contributed by atoms with van der Waals surface area (Å²) in [5.74, 6) is -2.43. The summed E-state index contributed by atoms with van der Waals surface area (Å²) >= 11 is 0. The number of rotatable bonds is 4. The number of carbonyl (C=O) groups excluding carboxylic acids is 1. The first kappa shape index (κ1) is 14.2. The highest BCUT2D eigenvalue weighted by atomic mass is 19.1. The van der Waals surface area contributed by atoms with Gasteiger partial charge in [0.25, 0.3) is 0 Å². The molecule has 0 aliphatic heterocycles. The molecule has 5 heteroatoms. The van der Waals surface area contributed by atoms with Crippen molar-refractivity contribution in [2.45, 2.75) is 27.2 Å². The zero-order valence-corrected chi connectivity index (χ0v) is 10.6. The number of hydrogen-bond acceptors (Lipinski definition) is 2. The van der Waals surface area contributed by atoms with Gasteiger partial charge >= 0.3 is 5.97 Å². The quantitative estimate of drug-likeness (QED) is 0.867. The predicted octanol–water partition coefficient (Wildman–Crippen LogP) is 2.90. The van der Waals surface area contributed by atoms with Crippen LogP contribution in [0.25, 0.3) is 0 Å². The summed E-state index contributed by atoms with van der Waals surface area (Å²) < 4.78 is 13.4. The number of benzene rings is 1. The Morgan fingerprint density at radius 1 is 1.39 bits per heavy atom. The van der Waals surface area contributed by atoms with Crippen LogP contribution in [0.3, 0.4) is 0 Å². The number of carboxylic acids is 1. The summed E-state index contributed by atoms with van der Waals surface area (Å²) in [4.78, 5) is 22.5. The Hall–Kier alpha value is -1.91. The molecule has 1 amide bonds. The number of amides is 1. The molecule has 2 N–H and O–H groups in total. The smallest absolute Gasteiger partial charge is 0.338 e. The van der Waals surface area contributed by atoms with E-state index >= 15 is 0 Å². The van der Waals surface area contributed by atoms with E-state index < -0.39 is 22.8 Å². The van der Waals surface area contributed by atoms with Gasteiger partial charge in [-0.2, -0.15) is 0 Å². The number of halogens is 1. The molecule has 98 valence electrons. The lowest BCUT2D eigenvalue weighted by atomic mass is 9.89. The molecule has 0 aliphatic rings. The molecule has 1 aromatic carbocycles. The van der Waals surface area contributed by atoms with Crippen molar-refractivity contribution in [2.75, 3.05) is 5.32 Å². The molecule has 0 unspecified atom stereocenters. The van der Waals surface area contributed by atoms with E-state index in [-0.39, 0.29) is 11.6 Å². The van der Waals surface area contributed by atoms with Gasteiger partial charge in [-0.05, 0) is 24.6 Å². The van der Waals surface area contributed by atoms with Crippen molar-refractivity contribution in [1.82, 2.24) is 0 Å². The van der Waals surface area contributed by atoms with Gasteiger partial charge in [-0.25, -0.2) is 9.18 Å². The monoisotopic (exact) mass is 253 g/mol. The highest BCUT2D eigenvalue weighted by Gasteiger charge is 2.25. The zero-order valence-electron chi connectivity index (χ0n) is 10.6. The first-order valence-corrected chi connectivity index (χ1v) is 5.62. The fourth-order valence-electron chi connectivity index (χ4n) is 1.23. The highest BCUT2D eigenvalue weighted by Crippen LogP contribution is 2.23. The van der Waals surface area contributed by atoms with Gasteiger partial charge < -0.3 is 10.4 Å². The van der Waals surface area contributed by atoms with Gasteiger partial charge in [0.15, 0.2) is 0 Å². The first-order chi connectivity index (χ1) is 8.27. The third-order valence-corrected chi connectivity index (χ3v) is 2.96. The summed E-state index contributed by atoms with van der Waals surface area (Å²) in [6, 6.07) is 3.51. The van der Waals surface area contributed by atoms with Crippen molar-refractivity contribution in [3.63, 3.8) is 0 Å². The standard InChI is InChI=1S/C13H16FNO3/c1-4-13(2,3)12(18)15-8-5-6-9(11(16)17)10(14)7-8/h5-7H,4H2,1-3H3,(H,15,18)(H,16,17). The van der Waals surface area contributed by atoms with Gasteiger partial charge in [0.05, 0.1) is 5.56 Å². The Morgan fingerprint density at radius 2 is 2.00 bits per heavy atom. The second-order valence-corrected chi connectivity index (χ2v) is 4.69. The maximum Gasteiger partial charge on any atom is 0.338 e. The lowest BCUT2D eigenvalue weighted by Gasteiger charge is -2.21. The minimum Gasteiger partial charge on any atom is -0.478 e. The molecule has 4 nitrogen and oxygen atoms in total. The van der Waals surface area contributed by atoms with Crippen molar-refractivity contribution in [3.8, 4) is 0 Å². The normalized spacial score (nSPS) is 11.1. The van der Waals surface area contributed by atoms with E-state index in [9.17, 15) is 14.0 Å². The lowest BCUT2D eigenvalue weighted by Crippen LogP contribution is -2.30. The summed E-state index contributed by atoms with van der Waals surface area (Å²) in [6.45, 7) is 5.45. The van der Waals surface area contributed by atoms with Crippen LogP contribution in [0.1, 0.15) is 37.6 Å². The SMILES string of the molecule is CCC(C)(C)C(=O)Nc1ccc(C(=O)O)c(F)c1. The molecule has 0 atom stereocenters. The average Bonchev–Trinajstić information content (AvgIpc) is 2.28. The number of nitrogens with one attached hydrogen (secondary N) is 1. The molecule has 0 bridgehead atoms. The molecule has 0 aromatic heterocycles. The molecule has 0 heterocycles. The second-order valence-electron chi connectivity index (χ2n) is 4.69. The van der Waals surface area contributed by atoms with Gasteiger partial charge in [-0.3, -0.25) is 4.79 Å². The van der Waals surface area contributed by atoms with Gasteiger partial charge in [-0.1, -0.05) is 20.8 Å². The fraction of sp³-hybridized carbons (Fsp3) is 0.385. The topological polar surface area (TPSA) is 66.4 Å². The molecular formula is C13H16FNO3. The van der Waals surface area contributed by atoms with Gasteiger partial charge in [-0.15, -0.1) is 0 Å². The van der Waals surface area contributed by atoms with Crippen LogP contribution in [-0.4, -0.2) is 17.0 Å². The Labute approximate surface area is 105 Å². The summed E-state index contributed by atoms with van der Waals surface area (Å²) in [7, 11) is 0. The number of aromatic carboxylic acids is 1. The summed E-state index contributed by atoms with van der Waals surface area (Å²) in [6.07, 6.45) is 0.647. The summed E-state index contributed by atoms with van der Waals surface area (Å²) in [5.41, 5.74) is -0.714. The maximum atomic E-state index is 13.4. The molecule has 18 heavy (non-hydrogen) atoms. The zero-order chi connectivity index (χ0) is 13.9. The molecule has 1 rings (SSSR count).